The number of aromatic carboxylic acids is 1. The number of benzene rings is 2. The fraction of sp³-hybridized carbons (Fsp3) is 0.238. The minimum atomic E-state index is -1.15. The van der Waals surface area contributed by atoms with Crippen molar-refractivity contribution in [3.63, 3.8) is 0 Å². The summed E-state index contributed by atoms with van der Waals surface area (Å²) in [5.74, 6) is -2.04. The molecular formula is C21H20N2O5S. The van der Waals surface area contributed by atoms with Gasteiger partial charge in [-0.15, -0.1) is 0 Å². The van der Waals surface area contributed by atoms with Gasteiger partial charge in [-0.2, -0.15) is 0 Å². The molecule has 7 nitrogen and oxygen atoms in total. The molecule has 0 bridgehead atoms. The number of hydrogen-bond donors (Lipinski definition) is 1. The molecule has 29 heavy (non-hydrogen) atoms. The van der Waals surface area contributed by atoms with Crippen LogP contribution in [0.15, 0.2) is 42.5 Å². The number of hydrogen-bond acceptors (Lipinski definition) is 5. The van der Waals surface area contributed by atoms with Gasteiger partial charge in [0, 0.05) is 13.5 Å². The number of para-hydroxylation sites is 1. The maximum atomic E-state index is 12.8. The minimum Gasteiger partial charge on any atom is -0.478 e. The van der Waals surface area contributed by atoms with Gasteiger partial charge in [0.15, 0.2) is 0 Å². The second-order valence-electron chi connectivity index (χ2n) is 6.79. The van der Waals surface area contributed by atoms with Crippen LogP contribution in [-0.4, -0.2) is 40.4 Å². The highest BCUT2D eigenvalue weighted by Gasteiger charge is 2.42. The molecule has 0 spiro atoms. The first-order valence-corrected chi connectivity index (χ1v) is 9.79. The van der Waals surface area contributed by atoms with Crippen LogP contribution >= 0.6 is 11.8 Å². The molecule has 1 N–H and O–H groups in total. The summed E-state index contributed by atoms with van der Waals surface area (Å²) < 4.78 is 0. The SMILES string of the molecule is Cc1ccc(N2C(=O)SC(CC(=O)N(C)c3ccccc3C(=O)O)C2=O)cc1C. The summed E-state index contributed by atoms with van der Waals surface area (Å²) in [6.07, 6.45) is -0.207. The smallest absolute Gasteiger partial charge is 0.337 e. The highest BCUT2D eigenvalue weighted by atomic mass is 32.2. The molecule has 0 aliphatic carbocycles. The lowest BCUT2D eigenvalue weighted by molar-refractivity contribution is -0.122. The molecule has 1 aliphatic rings. The zero-order chi connectivity index (χ0) is 21.3. The van der Waals surface area contributed by atoms with E-state index in [1.54, 1.807) is 24.3 Å². The third kappa shape index (κ3) is 4.02. The largest absolute Gasteiger partial charge is 0.478 e. The Morgan fingerprint density at radius 1 is 1.10 bits per heavy atom. The van der Waals surface area contributed by atoms with Crippen molar-refractivity contribution in [3.8, 4) is 0 Å². The Kier molecular flexibility index (Phi) is 5.74. The summed E-state index contributed by atoms with van der Waals surface area (Å²) in [6.45, 7) is 3.83. The number of rotatable bonds is 5. The molecule has 0 saturated carbocycles. The third-order valence-electron chi connectivity index (χ3n) is 4.90. The lowest BCUT2D eigenvalue weighted by Crippen LogP contribution is -2.35. The Hall–Kier alpha value is -3.13. The first kappa shape index (κ1) is 20.6. The predicted molar refractivity (Wildman–Crippen MR) is 112 cm³/mol. The van der Waals surface area contributed by atoms with Crippen molar-refractivity contribution in [2.24, 2.45) is 0 Å². The number of carboxylic acid groups (broad SMARTS) is 1. The van der Waals surface area contributed by atoms with Crippen molar-refractivity contribution < 1.29 is 24.3 Å². The summed E-state index contributed by atoms with van der Waals surface area (Å²) in [6, 6.07) is 11.4. The summed E-state index contributed by atoms with van der Waals surface area (Å²) >= 11 is 0.812. The number of thioether (sulfide) groups is 1. The van der Waals surface area contributed by atoms with Gasteiger partial charge < -0.3 is 10.0 Å². The maximum Gasteiger partial charge on any atom is 0.337 e. The van der Waals surface area contributed by atoms with E-state index in [1.807, 2.05) is 19.9 Å². The molecular weight excluding hydrogens is 392 g/mol. The van der Waals surface area contributed by atoms with Gasteiger partial charge in [0.25, 0.3) is 5.24 Å². The van der Waals surface area contributed by atoms with Crippen LogP contribution in [0.2, 0.25) is 0 Å². The number of carbonyl (C=O) groups excluding carboxylic acids is 3. The molecule has 1 atom stereocenters. The fourth-order valence-corrected chi connectivity index (χ4v) is 4.04. The quantitative estimate of drug-likeness (QED) is 0.806. The Morgan fingerprint density at radius 3 is 2.45 bits per heavy atom. The molecule has 2 aromatic rings. The Balaban J connectivity index is 1.78. The molecule has 0 aromatic heterocycles. The van der Waals surface area contributed by atoms with Gasteiger partial charge >= 0.3 is 5.97 Å². The number of amides is 3. The first-order valence-electron chi connectivity index (χ1n) is 8.91. The average Bonchev–Trinajstić information content (AvgIpc) is 2.96. The van der Waals surface area contributed by atoms with Crippen LogP contribution in [0.4, 0.5) is 16.2 Å². The van der Waals surface area contributed by atoms with Crippen molar-refractivity contribution in [1.29, 1.82) is 0 Å². The molecule has 1 aliphatic heterocycles. The standard InChI is InChI=1S/C21H20N2O5S/c1-12-8-9-14(10-13(12)2)23-19(25)17(29-21(23)28)11-18(24)22(3)16-7-5-4-6-15(16)20(26)27/h4-10,17H,11H2,1-3H3,(H,26,27). The minimum absolute atomic E-state index is 0.0124. The van der Waals surface area contributed by atoms with Crippen LogP contribution < -0.4 is 9.80 Å². The van der Waals surface area contributed by atoms with E-state index in [9.17, 15) is 24.3 Å². The van der Waals surface area contributed by atoms with Crippen molar-refractivity contribution in [3.05, 3.63) is 59.2 Å². The molecule has 1 fully saturated rings. The van der Waals surface area contributed by atoms with Crippen LogP contribution in [0.5, 0.6) is 0 Å². The topological polar surface area (TPSA) is 95.0 Å². The van der Waals surface area contributed by atoms with Crippen molar-refractivity contribution in [1.82, 2.24) is 0 Å². The van der Waals surface area contributed by atoms with Gasteiger partial charge in [-0.05, 0) is 61.0 Å². The molecule has 0 radical (unpaired) electrons. The number of nitrogens with zero attached hydrogens (tertiary/aromatic N) is 2. The third-order valence-corrected chi connectivity index (χ3v) is 5.94. The predicted octanol–water partition coefficient (Wildman–Crippen LogP) is 3.62. The van der Waals surface area contributed by atoms with Crippen LogP contribution in [0.25, 0.3) is 0 Å². The van der Waals surface area contributed by atoms with E-state index in [4.69, 9.17) is 0 Å². The summed E-state index contributed by atoms with van der Waals surface area (Å²) in [4.78, 5) is 51.6. The van der Waals surface area contributed by atoms with Crippen LogP contribution in [0.3, 0.4) is 0 Å². The molecule has 1 heterocycles. The number of aryl methyl sites for hydroxylation is 2. The van der Waals surface area contributed by atoms with Crippen LogP contribution in [0.1, 0.15) is 27.9 Å². The van der Waals surface area contributed by atoms with Gasteiger partial charge in [0.1, 0.15) is 5.25 Å². The first-order chi connectivity index (χ1) is 13.7. The van der Waals surface area contributed by atoms with E-state index in [0.29, 0.717) is 5.69 Å². The summed E-state index contributed by atoms with van der Waals surface area (Å²) in [7, 11) is 1.46. The zero-order valence-electron chi connectivity index (χ0n) is 16.2. The van der Waals surface area contributed by atoms with E-state index < -0.39 is 28.3 Å². The normalized spacial score (nSPS) is 16.2. The Bertz CT molecular complexity index is 1020. The maximum absolute atomic E-state index is 12.8. The monoisotopic (exact) mass is 412 g/mol. The highest BCUT2D eigenvalue weighted by Crippen LogP contribution is 2.34. The van der Waals surface area contributed by atoms with Gasteiger partial charge in [-0.3, -0.25) is 14.4 Å². The van der Waals surface area contributed by atoms with E-state index in [2.05, 4.69) is 0 Å². The highest BCUT2D eigenvalue weighted by molar-refractivity contribution is 8.15. The van der Waals surface area contributed by atoms with E-state index in [0.717, 1.165) is 27.8 Å². The summed E-state index contributed by atoms with van der Waals surface area (Å²) in [5.41, 5.74) is 2.71. The molecule has 1 unspecified atom stereocenters. The van der Waals surface area contributed by atoms with E-state index in [-0.39, 0.29) is 17.7 Å². The van der Waals surface area contributed by atoms with Crippen molar-refractivity contribution in [2.45, 2.75) is 25.5 Å². The lowest BCUT2D eigenvalue weighted by atomic mass is 10.1. The van der Waals surface area contributed by atoms with Gasteiger partial charge in [0.05, 0.1) is 16.9 Å². The fourth-order valence-electron chi connectivity index (χ4n) is 3.06. The van der Waals surface area contributed by atoms with Crippen molar-refractivity contribution in [2.75, 3.05) is 16.8 Å². The lowest BCUT2D eigenvalue weighted by Gasteiger charge is -2.20. The van der Waals surface area contributed by atoms with Crippen LogP contribution in [0, 0.1) is 13.8 Å². The van der Waals surface area contributed by atoms with Crippen LogP contribution in [-0.2, 0) is 9.59 Å². The average molecular weight is 412 g/mol. The molecule has 8 heteroatoms. The molecule has 3 amide bonds. The number of anilines is 2. The van der Waals surface area contributed by atoms with Crippen molar-refractivity contribution >= 4 is 46.2 Å². The molecule has 150 valence electrons. The molecule has 2 aromatic carbocycles. The summed E-state index contributed by atoms with van der Waals surface area (Å²) in [5, 5.41) is 8.04. The number of imide groups is 1. The number of carboxylic acids is 1. The Morgan fingerprint density at radius 2 is 1.79 bits per heavy atom. The Labute approximate surface area is 172 Å². The zero-order valence-corrected chi connectivity index (χ0v) is 17.0. The van der Waals surface area contributed by atoms with Gasteiger partial charge in [-0.25, -0.2) is 9.69 Å². The number of carbonyl (C=O) groups is 4. The molecule has 3 rings (SSSR count). The second kappa shape index (κ2) is 8.08. The van der Waals surface area contributed by atoms with E-state index >= 15 is 0 Å². The van der Waals surface area contributed by atoms with E-state index in [1.165, 1.54) is 24.1 Å². The molecule has 1 saturated heterocycles. The van der Waals surface area contributed by atoms with Gasteiger partial charge in [-0.1, -0.05) is 18.2 Å². The second-order valence-corrected chi connectivity index (χ2v) is 7.95. The van der Waals surface area contributed by atoms with Gasteiger partial charge in [0.2, 0.25) is 11.8 Å².